The van der Waals surface area contributed by atoms with Crippen molar-refractivity contribution < 1.29 is 0 Å². The monoisotopic (exact) mass is 288 g/mol. The van der Waals surface area contributed by atoms with Gasteiger partial charge in [-0.1, -0.05) is 13.0 Å². The van der Waals surface area contributed by atoms with Crippen LogP contribution in [-0.4, -0.2) is 37.0 Å². The van der Waals surface area contributed by atoms with Crippen LogP contribution < -0.4 is 11.1 Å². The lowest BCUT2D eigenvalue weighted by molar-refractivity contribution is 0.259. The second kappa shape index (κ2) is 7.46. The minimum atomic E-state index is 0.505. The summed E-state index contributed by atoms with van der Waals surface area (Å²) in [5.74, 6) is 0.505. The summed E-state index contributed by atoms with van der Waals surface area (Å²) in [6.07, 6.45) is 4.82. The highest BCUT2D eigenvalue weighted by molar-refractivity contribution is 5.92. The first-order valence-electron chi connectivity index (χ1n) is 7.99. The third kappa shape index (κ3) is 4.46. The molecule has 4 heteroatoms. The van der Waals surface area contributed by atoms with E-state index in [0.29, 0.717) is 12.0 Å². The maximum Gasteiger partial charge on any atom is 0.193 e. The molecule has 0 radical (unpaired) electrons. The average Bonchev–Trinajstić information content (AvgIpc) is 2.93. The maximum absolute atomic E-state index is 5.97. The lowest BCUT2D eigenvalue weighted by atomic mass is 10.1. The van der Waals surface area contributed by atoms with E-state index >= 15 is 0 Å². The predicted molar refractivity (Wildman–Crippen MR) is 91.0 cm³/mol. The second-order valence-electron chi connectivity index (χ2n) is 5.97. The van der Waals surface area contributed by atoms with E-state index in [1.807, 2.05) is 0 Å². The van der Waals surface area contributed by atoms with Crippen LogP contribution in [0.4, 0.5) is 5.69 Å². The van der Waals surface area contributed by atoms with Gasteiger partial charge in [-0.15, -0.1) is 0 Å². The fourth-order valence-corrected chi connectivity index (χ4v) is 2.70. The highest BCUT2D eigenvalue weighted by atomic mass is 15.1. The molecule has 0 fully saturated rings. The lowest BCUT2D eigenvalue weighted by Crippen LogP contribution is -2.31. The van der Waals surface area contributed by atoms with E-state index in [1.165, 1.54) is 30.4 Å². The van der Waals surface area contributed by atoms with Crippen LogP contribution in [0.5, 0.6) is 0 Å². The summed E-state index contributed by atoms with van der Waals surface area (Å²) in [6.45, 7) is 6.09. The zero-order valence-corrected chi connectivity index (χ0v) is 13.5. The number of hydrogen-bond donors (Lipinski definition) is 2. The Morgan fingerprint density at radius 3 is 2.90 bits per heavy atom. The normalized spacial score (nSPS) is 16.1. The minimum absolute atomic E-state index is 0.505. The van der Waals surface area contributed by atoms with Crippen molar-refractivity contribution in [3.63, 3.8) is 0 Å². The standard InChI is InChI=1S/C17H28N4/c1-4-13(2)21(3)11-10-19-17(18)20-16-9-8-14-6-5-7-15(14)12-16/h8-9,12-13H,4-7,10-11H2,1-3H3,(H3,18,19,20). The molecule has 0 bridgehead atoms. The van der Waals surface area contributed by atoms with Gasteiger partial charge in [-0.25, -0.2) is 0 Å². The molecule has 0 saturated carbocycles. The summed E-state index contributed by atoms with van der Waals surface area (Å²) in [5, 5.41) is 3.20. The van der Waals surface area contributed by atoms with E-state index in [9.17, 15) is 0 Å². The van der Waals surface area contributed by atoms with Crippen molar-refractivity contribution in [1.82, 2.24) is 4.90 Å². The first kappa shape index (κ1) is 15.8. The fourth-order valence-electron chi connectivity index (χ4n) is 2.70. The summed E-state index contributed by atoms with van der Waals surface area (Å²) in [6, 6.07) is 7.09. The van der Waals surface area contributed by atoms with Gasteiger partial charge in [0.2, 0.25) is 0 Å². The molecule has 0 aliphatic heterocycles. The smallest absolute Gasteiger partial charge is 0.193 e. The number of aliphatic imine (C=N–C) groups is 1. The SMILES string of the molecule is CCC(C)N(C)CCN=C(N)Nc1ccc2c(c1)CCC2. The molecule has 0 spiro atoms. The Bertz CT molecular complexity index is 496. The van der Waals surface area contributed by atoms with Gasteiger partial charge in [-0.2, -0.15) is 0 Å². The van der Waals surface area contributed by atoms with Crippen LogP contribution in [-0.2, 0) is 12.8 Å². The Morgan fingerprint density at radius 2 is 2.14 bits per heavy atom. The van der Waals surface area contributed by atoms with Crippen LogP contribution in [0.15, 0.2) is 23.2 Å². The van der Waals surface area contributed by atoms with E-state index in [1.54, 1.807) is 0 Å². The number of anilines is 1. The Kier molecular flexibility index (Phi) is 5.62. The Hall–Kier alpha value is -1.55. The van der Waals surface area contributed by atoms with Gasteiger partial charge in [0.25, 0.3) is 0 Å². The number of nitrogens with one attached hydrogen (secondary N) is 1. The van der Waals surface area contributed by atoms with Gasteiger partial charge >= 0.3 is 0 Å². The molecule has 1 unspecified atom stereocenters. The van der Waals surface area contributed by atoms with Gasteiger partial charge in [0, 0.05) is 18.3 Å². The number of rotatable bonds is 6. The molecule has 0 aromatic heterocycles. The first-order chi connectivity index (χ1) is 10.1. The molecular formula is C17H28N4. The molecule has 1 aliphatic carbocycles. The molecule has 116 valence electrons. The highest BCUT2D eigenvalue weighted by Gasteiger charge is 2.11. The summed E-state index contributed by atoms with van der Waals surface area (Å²) in [4.78, 5) is 6.72. The number of aryl methyl sites for hydroxylation is 2. The number of fused-ring (bicyclic) bond motifs is 1. The third-order valence-corrected chi connectivity index (χ3v) is 4.45. The van der Waals surface area contributed by atoms with Crippen molar-refractivity contribution in [2.45, 2.75) is 45.6 Å². The highest BCUT2D eigenvalue weighted by Crippen LogP contribution is 2.24. The van der Waals surface area contributed by atoms with E-state index in [-0.39, 0.29) is 0 Å². The number of benzene rings is 1. The molecule has 0 saturated heterocycles. The minimum Gasteiger partial charge on any atom is -0.370 e. The molecule has 1 aromatic carbocycles. The Balaban J connectivity index is 1.83. The summed E-state index contributed by atoms with van der Waals surface area (Å²) in [5.41, 5.74) is 9.94. The van der Waals surface area contributed by atoms with Crippen molar-refractivity contribution in [2.75, 3.05) is 25.5 Å². The number of nitrogens with two attached hydrogens (primary N) is 1. The second-order valence-corrected chi connectivity index (χ2v) is 5.97. The Labute approximate surface area is 128 Å². The van der Waals surface area contributed by atoms with E-state index in [2.05, 4.69) is 54.3 Å². The van der Waals surface area contributed by atoms with Gasteiger partial charge in [0.05, 0.1) is 6.54 Å². The van der Waals surface area contributed by atoms with Crippen LogP contribution in [0.3, 0.4) is 0 Å². The number of nitrogens with zero attached hydrogens (tertiary/aromatic N) is 2. The van der Waals surface area contributed by atoms with Gasteiger partial charge in [0.1, 0.15) is 0 Å². The predicted octanol–water partition coefficient (Wildman–Crippen LogP) is 2.63. The quantitative estimate of drug-likeness (QED) is 0.625. The molecule has 21 heavy (non-hydrogen) atoms. The average molecular weight is 288 g/mol. The number of guanidine groups is 1. The fraction of sp³-hybridized carbons (Fsp3) is 0.588. The van der Waals surface area contributed by atoms with Gasteiger partial charge in [-0.05, 0) is 62.9 Å². The van der Waals surface area contributed by atoms with E-state index in [4.69, 9.17) is 5.73 Å². The van der Waals surface area contributed by atoms with Crippen LogP contribution in [0.2, 0.25) is 0 Å². The van der Waals surface area contributed by atoms with Crippen molar-refractivity contribution in [1.29, 1.82) is 0 Å². The molecule has 1 aromatic rings. The van der Waals surface area contributed by atoms with Crippen LogP contribution in [0, 0.1) is 0 Å². The molecule has 0 amide bonds. The van der Waals surface area contributed by atoms with Gasteiger partial charge in [0.15, 0.2) is 5.96 Å². The molecule has 0 heterocycles. The third-order valence-electron chi connectivity index (χ3n) is 4.45. The summed E-state index contributed by atoms with van der Waals surface area (Å²) in [7, 11) is 2.13. The van der Waals surface area contributed by atoms with E-state index in [0.717, 1.165) is 25.2 Å². The number of hydrogen-bond acceptors (Lipinski definition) is 2. The van der Waals surface area contributed by atoms with Gasteiger partial charge in [-0.3, -0.25) is 4.99 Å². The molecule has 1 aliphatic rings. The largest absolute Gasteiger partial charge is 0.370 e. The number of likely N-dealkylation sites (N-methyl/N-ethyl adjacent to an activating group) is 1. The summed E-state index contributed by atoms with van der Waals surface area (Å²) < 4.78 is 0. The zero-order valence-electron chi connectivity index (χ0n) is 13.5. The first-order valence-corrected chi connectivity index (χ1v) is 7.99. The topological polar surface area (TPSA) is 53.6 Å². The van der Waals surface area contributed by atoms with Crippen LogP contribution in [0.1, 0.15) is 37.8 Å². The van der Waals surface area contributed by atoms with Crippen molar-refractivity contribution in [3.8, 4) is 0 Å². The van der Waals surface area contributed by atoms with Gasteiger partial charge < -0.3 is 16.0 Å². The lowest BCUT2D eigenvalue weighted by Gasteiger charge is -2.22. The Morgan fingerprint density at radius 1 is 1.38 bits per heavy atom. The molecule has 4 nitrogen and oxygen atoms in total. The van der Waals surface area contributed by atoms with E-state index < -0.39 is 0 Å². The summed E-state index contributed by atoms with van der Waals surface area (Å²) >= 11 is 0. The van der Waals surface area contributed by atoms with Crippen molar-refractivity contribution in [3.05, 3.63) is 29.3 Å². The maximum atomic E-state index is 5.97. The zero-order chi connectivity index (χ0) is 15.2. The van der Waals surface area contributed by atoms with Crippen LogP contribution in [0.25, 0.3) is 0 Å². The molecule has 2 rings (SSSR count). The van der Waals surface area contributed by atoms with Crippen molar-refractivity contribution in [2.24, 2.45) is 10.7 Å². The molecule has 1 atom stereocenters. The molecule has 3 N–H and O–H groups in total. The van der Waals surface area contributed by atoms with Crippen LogP contribution >= 0.6 is 0 Å². The molecular weight excluding hydrogens is 260 g/mol. The van der Waals surface area contributed by atoms with Crippen molar-refractivity contribution >= 4 is 11.6 Å².